The molecule has 1 rings (SSSR count). The van der Waals surface area contributed by atoms with Crippen molar-refractivity contribution in [2.75, 3.05) is 20.3 Å². The van der Waals surface area contributed by atoms with Gasteiger partial charge in [0.15, 0.2) is 0 Å². The standard InChI is InChI=1S/C10H13N3O2S/c1-15-5-4-12-10(14)8-3-2-7(6-13-8)9(11)16/h2-3,6H,4-5H2,1H3,(H2,11,16)(H,12,14). The molecule has 0 radical (unpaired) electrons. The van der Waals surface area contributed by atoms with Crippen molar-refractivity contribution < 1.29 is 9.53 Å². The fraction of sp³-hybridized carbons (Fsp3) is 0.300. The number of nitrogens with zero attached hydrogens (tertiary/aromatic N) is 1. The highest BCUT2D eigenvalue weighted by Crippen LogP contribution is 2.00. The molecule has 3 N–H and O–H groups in total. The van der Waals surface area contributed by atoms with Gasteiger partial charge in [-0.15, -0.1) is 0 Å². The second kappa shape index (κ2) is 6.14. The van der Waals surface area contributed by atoms with Crippen molar-refractivity contribution in [3.05, 3.63) is 29.6 Å². The Morgan fingerprint density at radius 1 is 1.62 bits per heavy atom. The molecule has 1 amide bonds. The van der Waals surface area contributed by atoms with Crippen LogP contribution < -0.4 is 11.1 Å². The smallest absolute Gasteiger partial charge is 0.269 e. The number of carbonyl (C=O) groups is 1. The predicted octanol–water partition coefficient (Wildman–Crippen LogP) is 0.0920. The highest BCUT2D eigenvalue weighted by molar-refractivity contribution is 7.80. The van der Waals surface area contributed by atoms with E-state index in [4.69, 9.17) is 22.7 Å². The summed E-state index contributed by atoms with van der Waals surface area (Å²) in [5, 5.41) is 2.66. The third kappa shape index (κ3) is 3.56. The molecule has 0 aliphatic rings. The molecule has 1 aromatic rings. The van der Waals surface area contributed by atoms with E-state index in [9.17, 15) is 4.79 Å². The first-order chi connectivity index (χ1) is 7.65. The summed E-state index contributed by atoms with van der Waals surface area (Å²) in [6.07, 6.45) is 1.48. The summed E-state index contributed by atoms with van der Waals surface area (Å²) in [7, 11) is 1.57. The summed E-state index contributed by atoms with van der Waals surface area (Å²) in [5.74, 6) is -0.244. The van der Waals surface area contributed by atoms with Crippen LogP contribution in [0.1, 0.15) is 16.1 Å². The van der Waals surface area contributed by atoms with Gasteiger partial charge in [0.1, 0.15) is 10.7 Å². The number of thiocarbonyl (C=S) groups is 1. The number of hydrogen-bond acceptors (Lipinski definition) is 4. The molecule has 16 heavy (non-hydrogen) atoms. The minimum Gasteiger partial charge on any atom is -0.389 e. The first kappa shape index (κ1) is 12.5. The molecule has 0 atom stereocenters. The van der Waals surface area contributed by atoms with Crippen molar-refractivity contribution >= 4 is 23.1 Å². The number of rotatable bonds is 5. The van der Waals surface area contributed by atoms with Gasteiger partial charge in [-0.1, -0.05) is 12.2 Å². The molecule has 0 fully saturated rings. The van der Waals surface area contributed by atoms with Crippen molar-refractivity contribution in [1.82, 2.24) is 10.3 Å². The van der Waals surface area contributed by atoms with Gasteiger partial charge in [0.2, 0.25) is 0 Å². The topological polar surface area (TPSA) is 77.2 Å². The summed E-state index contributed by atoms with van der Waals surface area (Å²) >= 11 is 4.78. The predicted molar refractivity (Wildman–Crippen MR) is 64.3 cm³/mol. The van der Waals surface area contributed by atoms with Crippen LogP contribution in [0.4, 0.5) is 0 Å². The lowest BCUT2D eigenvalue weighted by Crippen LogP contribution is -2.27. The van der Waals surface area contributed by atoms with Crippen molar-refractivity contribution in [3.63, 3.8) is 0 Å². The van der Waals surface area contributed by atoms with Gasteiger partial charge in [-0.2, -0.15) is 0 Å². The number of amides is 1. The van der Waals surface area contributed by atoms with Gasteiger partial charge in [-0.3, -0.25) is 9.78 Å². The fourth-order valence-electron chi connectivity index (χ4n) is 1.03. The van der Waals surface area contributed by atoms with Gasteiger partial charge in [-0.25, -0.2) is 0 Å². The van der Waals surface area contributed by atoms with Crippen molar-refractivity contribution in [2.45, 2.75) is 0 Å². The van der Waals surface area contributed by atoms with E-state index >= 15 is 0 Å². The maximum atomic E-state index is 11.5. The molecular weight excluding hydrogens is 226 g/mol. The first-order valence-electron chi connectivity index (χ1n) is 4.68. The lowest BCUT2D eigenvalue weighted by molar-refractivity contribution is 0.0932. The summed E-state index contributed by atoms with van der Waals surface area (Å²) < 4.78 is 4.81. The molecule has 5 nitrogen and oxygen atoms in total. The zero-order valence-corrected chi connectivity index (χ0v) is 9.71. The highest BCUT2D eigenvalue weighted by Gasteiger charge is 2.06. The molecule has 1 heterocycles. The Kier molecular flexibility index (Phi) is 4.81. The molecule has 6 heteroatoms. The van der Waals surface area contributed by atoms with Crippen molar-refractivity contribution in [3.8, 4) is 0 Å². The first-order valence-corrected chi connectivity index (χ1v) is 5.09. The van der Waals surface area contributed by atoms with E-state index in [1.165, 1.54) is 6.20 Å². The molecule has 0 spiro atoms. The van der Waals surface area contributed by atoms with E-state index in [1.807, 2.05) is 0 Å². The Bertz CT molecular complexity index is 378. The van der Waals surface area contributed by atoms with E-state index in [-0.39, 0.29) is 10.9 Å². The normalized spacial score (nSPS) is 9.81. The van der Waals surface area contributed by atoms with Crippen LogP contribution in [0, 0.1) is 0 Å². The van der Waals surface area contributed by atoms with Gasteiger partial charge in [0, 0.05) is 25.4 Å². The Balaban J connectivity index is 2.59. The minimum absolute atomic E-state index is 0.244. The van der Waals surface area contributed by atoms with E-state index in [0.29, 0.717) is 24.4 Å². The van der Waals surface area contributed by atoms with Gasteiger partial charge in [-0.05, 0) is 12.1 Å². The molecule has 0 unspecified atom stereocenters. The van der Waals surface area contributed by atoms with Gasteiger partial charge >= 0.3 is 0 Å². The number of aromatic nitrogens is 1. The number of carbonyl (C=O) groups excluding carboxylic acids is 1. The number of nitrogens with one attached hydrogen (secondary N) is 1. The maximum Gasteiger partial charge on any atom is 0.269 e. The largest absolute Gasteiger partial charge is 0.389 e. The van der Waals surface area contributed by atoms with E-state index in [0.717, 1.165) is 0 Å². The van der Waals surface area contributed by atoms with E-state index in [2.05, 4.69) is 10.3 Å². The third-order valence-electron chi connectivity index (χ3n) is 1.87. The molecule has 0 saturated carbocycles. The molecule has 0 aromatic carbocycles. The third-order valence-corrected chi connectivity index (χ3v) is 2.11. The fourth-order valence-corrected chi connectivity index (χ4v) is 1.15. The van der Waals surface area contributed by atoms with Crippen LogP contribution in [0.2, 0.25) is 0 Å². The summed E-state index contributed by atoms with van der Waals surface area (Å²) in [6, 6.07) is 3.25. The second-order valence-electron chi connectivity index (χ2n) is 3.05. The second-order valence-corrected chi connectivity index (χ2v) is 3.48. The summed E-state index contributed by atoms with van der Waals surface area (Å²) in [4.78, 5) is 15.7. The van der Waals surface area contributed by atoms with Crippen molar-refractivity contribution in [1.29, 1.82) is 0 Å². The molecular formula is C10H13N3O2S. The summed E-state index contributed by atoms with van der Waals surface area (Å²) in [6.45, 7) is 0.921. The number of nitrogens with two attached hydrogens (primary N) is 1. The monoisotopic (exact) mass is 239 g/mol. The number of pyridine rings is 1. The SMILES string of the molecule is COCCNC(=O)c1ccc(C(N)=S)cn1. The van der Waals surface area contributed by atoms with Gasteiger partial charge in [0.25, 0.3) is 5.91 Å². The lowest BCUT2D eigenvalue weighted by Gasteiger charge is -2.04. The van der Waals surface area contributed by atoms with Gasteiger partial charge < -0.3 is 15.8 Å². The Morgan fingerprint density at radius 2 is 2.38 bits per heavy atom. The minimum atomic E-state index is -0.244. The van der Waals surface area contributed by atoms with Crippen LogP contribution in [-0.2, 0) is 4.74 Å². The quantitative estimate of drug-likeness (QED) is 0.562. The summed E-state index contributed by atoms with van der Waals surface area (Å²) in [5.41, 5.74) is 6.38. The Morgan fingerprint density at radius 3 is 2.88 bits per heavy atom. The van der Waals surface area contributed by atoms with Crippen molar-refractivity contribution in [2.24, 2.45) is 5.73 Å². The zero-order valence-electron chi connectivity index (χ0n) is 8.90. The molecule has 1 aromatic heterocycles. The Labute approximate surface area is 99.0 Å². The average molecular weight is 239 g/mol. The number of methoxy groups -OCH3 is 1. The molecule has 0 aliphatic carbocycles. The van der Waals surface area contributed by atoms with E-state index in [1.54, 1.807) is 19.2 Å². The Hall–Kier alpha value is -1.53. The van der Waals surface area contributed by atoms with Crippen LogP contribution in [0.25, 0.3) is 0 Å². The highest BCUT2D eigenvalue weighted by atomic mass is 32.1. The van der Waals surface area contributed by atoms with Gasteiger partial charge in [0.05, 0.1) is 6.61 Å². The molecule has 86 valence electrons. The van der Waals surface area contributed by atoms with Crippen LogP contribution in [0.5, 0.6) is 0 Å². The average Bonchev–Trinajstić information content (AvgIpc) is 2.29. The molecule has 0 saturated heterocycles. The van der Waals surface area contributed by atoms with Crippen LogP contribution in [-0.4, -0.2) is 36.1 Å². The zero-order chi connectivity index (χ0) is 12.0. The number of ether oxygens (including phenoxy) is 1. The molecule has 0 aliphatic heterocycles. The van der Waals surface area contributed by atoms with Crippen LogP contribution in [0.3, 0.4) is 0 Å². The number of hydrogen-bond donors (Lipinski definition) is 2. The van der Waals surface area contributed by atoms with E-state index < -0.39 is 0 Å². The lowest BCUT2D eigenvalue weighted by atomic mass is 10.2. The van der Waals surface area contributed by atoms with Crippen LogP contribution >= 0.6 is 12.2 Å². The molecule has 0 bridgehead atoms. The maximum absolute atomic E-state index is 11.5. The van der Waals surface area contributed by atoms with Crippen LogP contribution in [0.15, 0.2) is 18.3 Å².